The van der Waals surface area contributed by atoms with E-state index in [1.165, 1.54) is 0 Å². The van der Waals surface area contributed by atoms with Crippen LogP contribution in [0.4, 0.5) is 11.4 Å². The first-order valence-corrected chi connectivity index (χ1v) is 7.42. The maximum atomic E-state index is 12.4. The van der Waals surface area contributed by atoms with E-state index in [1.807, 2.05) is 47.8 Å². The number of hydrogen-bond donors (Lipinski definition) is 2. The number of nitrogen functional groups attached to an aromatic ring is 1. The smallest absolute Gasteiger partial charge is 0.257 e. The lowest BCUT2D eigenvalue weighted by Gasteiger charge is -2.11. The molecule has 4 heteroatoms. The van der Waals surface area contributed by atoms with Crippen molar-refractivity contribution in [1.29, 1.82) is 0 Å². The van der Waals surface area contributed by atoms with Crippen LogP contribution in [0, 0.1) is 0 Å². The van der Waals surface area contributed by atoms with E-state index in [0.717, 1.165) is 16.1 Å². The van der Waals surface area contributed by atoms with Crippen molar-refractivity contribution in [3.63, 3.8) is 0 Å². The Morgan fingerprint density at radius 3 is 2.48 bits per heavy atom. The first-order valence-electron chi connectivity index (χ1n) is 6.54. The Kier molecular flexibility index (Phi) is 3.71. The van der Waals surface area contributed by atoms with E-state index in [9.17, 15) is 4.79 Å². The van der Waals surface area contributed by atoms with Crippen molar-refractivity contribution in [3.8, 4) is 10.4 Å². The molecule has 3 aromatic rings. The number of para-hydroxylation sites is 2. The monoisotopic (exact) mass is 294 g/mol. The zero-order valence-electron chi connectivity index (χ0n) is 11.2. The van der Waals surface area contributed by atoms with Crippen molar-refractivity contribution < 1.29 is 4.79 Å². The number of nitrogens with two attached hydrogens (primary N) is 1. The van der Waals surface area contributed by atoms with Crippen LogP contribution in [-0.4, -0.2) is 5.91 Å². The second-order valence-corrected chi connectivity index (χ2v) is 5.51. The Morgan fingerprint density at radius 2 is 1.71 bits per heavy atom. The summed E-state index contributed by atoms with van der Waals surface area (Å²) in [7, 11) is 0. The van der Waals surface area contributed by atoms with Crippen LogP contribution >= 0.6 is 11.3 Å². The maximum Gasteiger partial charge on any atom is 0.257 e. The van der Waals surface area contributed by atoms with Gasteiger partial charge in [0.25, 0.3) is 5.91 Å². The molecule has 0 aliphatic rings. The minimum Gasteiger partial charge on any atom is -0.398 e. The summed E-state index contributed by atoms with van der Waals surface area (Å²) in [5.41, 5.74) is 8.60. The van der Waals surface area contributed by atoms with Crippen molar-refractivity contribution in [2.45, 2.75) is 0 Å². The molecule has 104 valence electrons. The molecule has 1 heterocycles. The van der Waals surface area contributed by atoms with Gasteiger partial charge in [0.1, 0.15) is 0 Å². The third-order valence-corrected chi connectivity index (χ3v) is 4.07. The van der Waals surface area contributed by atoms with Gasteiger partial charge in [0.2, 0.25) is 0 Å². The summed E-state index contributed by atoms with van der Waals surface area (Å²) in [5.74, 6) is -0.197. The Morgan fingerprint density at radius 1 is 0.952 bits per heavy atom. The topological polar surface area (TPSA) is 55.1 Å². The van der Waals surface area contributed by atoms with E-state index in [4.69, 9.17) is 5.73 Å². The van der Waals surface area contributed by atoms with Gasteiger partial charge in [-0.25, -0.2) is 0 Å². The predicted octanol–water partition coefficient (Wildman–Crippen LogP) is 4.25. The molecule has 21 heavy (non-hydrogen) atoms. The fraction of sp³-hybridized carbons (Fsp3) is 0. The highest BCUT2D eigenvalue weighted by molar-refractivity contribution is 7.13. The molecule has 3 nitrogen and oxygen atoms in total. The number of rotatable bonds is 3. The number of hydrogen-bond acceptors (Lipinski definition) is 3. The first kappa shape index (κ1) is 13.4. The van der Waals surface area contributed by atoms with Gasteiger partial charge < -0.3 is 11.1 Å². The Balaban J connectivity index is 1.93. The quantitative estimate of drug-likeness (QED) is 0.709. The zero-order chi connectivity index (χ0) is 14.7. The van der Waals surface area contributed by atoms with Gasteiger partial charge in [-0.1, -0.05) is 36.4 Å². The molecule has 0 unspecified atom stereocenters. The molecule has 0 aliphatic heterocycles. The van der Waals surface area contributed by atoms with Gasteiger partial charge in [-0.3, -0.25) is 4.79 Å². The molecule has 3 rings (SSSR count). The van der Waals surface area contributed by atoms with Crippen molar-refractivity contribution in [1.82, 2.24) is 0 Å². The van der Waals surface area contributed by atoms with E-state index >= 15 is 0 Å². The highest BCUT2D eigenvalue weighted by atomic mass is 32.1. The third-order valence-electron chi connectivity index (χ3n) is 3.17. The minimum absolute atomic E-state index is 0.197. The van der Waals surface area contributed by atoms with Crippen LogP contribution in [0.15, 0.2) is 66.0 Å². The van der Waals surface area contributed by atoms with E-state index in [2.05, 4.69) is 5.32 Å². The molecule has 0 spiro atoms. The van der Waals surface area contributed by atoms with Gasteiger partial charge in [-0.2, -0.15) is 0 Å². The highest BCUT2D eigenvalue weighted by Gasteiger charge is 2.12. The van der Waals surface area contributed by atoms with E-state index in [1.54, 1.807) is 29.5 Å². The summed E-state index contributed by atoms with van der Waals surface area (Å²) >= 11 is 1.64. The molecule has 0 saturated heterocycles. The predicted molar refractivity (Wildman–Crippen MR) is 88.6 cm³/mol. The van der Waals surface area contributed by atoms with Crippen molar-refractivity contribution in [2.24, 2.45) is 0 Å². The molecular weight excluding hydrogens is 280 g/mol. The number of anilines is 2. The highest BCUT2D eigenvalue weighted by Crippen LogP contribution is 2.31. The van der Waals surface area contributed by atoms with Crippen molar-refractivity contribution in [2.75, 3.05) is 11.1 Å². The van der Waals surface area contributed by atoms with Crippen LogP contribution in [0.3, 0.4) is 0 Å². The molecule has 2 aromatic carbocycles. The SMILES string of the molecule is Nc1ccccc1C(=O)Nc1ccccc1-c1cccs1. The molecule has 3 N–H and O–H groups in total. The molecule has 0 saturated carbocycles. The number of carbonyl (C=O) groups excluding carboxylic acids is 1. The number of carbonyl (C=O) groups is 1. The van der Waals surface area contributed by atoms with Crippen molar-refractivity contribution >= 4 is 28.6 Å². The average Bonchev–Trinajstić information content (AvgIpc) is 3.02. The number of amides is 1. The van der Waals surface area contributed by atoms with Gasteiger partial charge >= 0.3 is 0 Å². The van der Waals surface area contributed by atoms with Gasteiger partial charge in [-0.15, -0.1) is 11.3 Å². The fourth-order valence-corrected chi connectivity index (χ4v) is 2.90. The number of thiophene rings is 1. The van der Waals surface area contributed by atoms with Crippen LogP contribution in [0.2, 0.25) is 0 Å². The summed E-state index contributed by atoms with van der Waals surface area (Å²) in [6.45, 7) is 0. The summed E-state index contributed by atoms with van der Waals surface area (Å²) in [6, 6.07) is 18.8. The minimum atomic E-state index is -0.197. The van der Waals surface area contributed by atoms with Gasteiger partial charge in [0, 0.05) is 21.8 Å². The molecule has 0 atom stereocenters. The maximum absolute atomic E-state index is 12.4. The van der Waals surface area contributed by atoms with Gasteiger partial charge in [0.15, 0.2) is 0 Å². The van der Waals surface area contributed by atoms with E-state index in [-0.39, 0.29) is 5.91 Å². The van der Waals surface area contributed by atoms with E-state index in [0.29, 0.717) is 11.3 Å². The first-order chi connectivity index (χ1) is 10.3. The van der Waals surface area contributed by atoms with Crippen LogP contribution in [0.1, 0.15) is 10.4 Å². The van der Waals surface area contributed by atoms with Crippen LogP contribution < -0.4 is 11.1 Å². The largest absolute Gasteiger partial charge is 0.398 e. The van der Waals surface area contributed by atoms with Crippen LogP contribution in [0.25, 0.3) is 10.4 Å². The molecule has 1 aromatic heterocycles. The summed E-state index contributed by atoms with van der Waals surface area (Å²) < 4.78 is 0. The lowest BCUT2D eigenvalue weighted by Crippen LogP contribution is -2.14. The number of nitrogens with one attached hydrogen (secondary N) is 1. The number of benzene rings is 2. The molecule has 0 aliphatic carbocycles. The molecule has 0 bridgehead atoms. The van der Waals surface area contributed by atoms with Gasteiger partial charge in [0.05, 0.1) is 5.56 Å². The fourth-order valence-electron chi connectivity index (χ4n) is 2.13. The van der Waals surface area contributed by atoms with Crippen LogP contribution in [-0.2, 0) is 0 Å². The average molecular weight is 294 g/mol. The standard InChI is InChI=1S/C17H14N2OS/c18-14-8-3-1-6-12(14)17(20)19-15-9-4-2-7-13(15)16-10-5-11-21-16/h1-11H,18H2,(H,19,20). The second kappa shape index (κ2) is 5.81. The Labute approximate surface area is 127 Å². The molecule has 0 fully saturated rings. The van der Waals surface area contributed by atoms with Crippen LogP contribution in [0.5, 0.6) is 0 Å². The lowest BCUT2D eigenvalue weighted by molar-refractivity contribution is 0.102. The van der Waals surface area contributed by atoms with Gasteiger partial charge in [-0.05, 0) is 29.6 Å². The molecule has 1 amide bonds. The third kappa shape index (κ3) is 2.80. The second-order valence-electron chi connectivity index (χ2n) is 4.56. The summed E-state index contributed by atoms with van der Waals surface area (Å²) in [5, 5.41) is 4.96. The van der Waals surface area contributed by atoms with E-state index < -0.39 is 0 Å². The Hall–Kier alpha value is -2.59. The Bertz CT molecular complexity index is 766. The summed E-state index contributed by atoms with van der Waals surface area (Å²) in [6.07, 6.45) is 0. The van der Waals surface area contributed by atoms with Crippen molar-refractivity contribution in [3.05, 3.63) is 71.6 Å². The zero-order valence-corrected chi connectivity index (χ0v) is 12.1. The molecule has 0 radical (unpaired) electrons. The summed E-state index contributed by atoms with van der Waals surface area (Å²) in [4.78, 5) is 13.5. The molecular formula is C17H14N2OS. The lowest BCUT2D eigenvalue weighted by atomic mass is 10.1. The normalized spacial score (nSPS) is 10.3.